The number of aromatic carboxylic acids is 1. The number of ether oxygens (including phenoxy) is 1. The minimum absolute atomic E-state index is 0.215. The van der Waals surface area contributed by atoms with E-state index in [4.69, 9.17) is 9.72 Å². The van der Waals surface area contributed by atoms with E-state index in [1.54, 1.807) is 30.6 Å². The molecular formula is C25H24N4O3. The Hall–Kier alpha value is -3.97. The van der Waals surface area contributed by atoms with Gasteiger partial charge in [0.25, 0.3) is 0 Å². The van der Waals surface area contributed by atoms with Crippen LogP contribution in [0.3, 0.4) is 0 Å². The first-order valence-corrected chi connectivity index (χ1v) is 10.2. The second-order valence-corrected chi connectivity index (χ2v) is 7.61. The zero-order chi connectivity index (χ0) is 22.5. The number of likely N-dealkylation sites (N-methyl/N-ethyl adjacent to an activating group) is 1. The van der Waals surface area contributed by atoms with Crippen molar-refractivity contribution in [2.75, 3.05) is 27.2 Å². The normalized spacial score (nSPS) is 11.0. The number of nitrogens with zero attached hydrogens (tertiary/aromatic N) is 3. The molecule has 4 rings (SSSR count). The third-order valence-corrected chi connectivity index (χ3v) is 4.99. The zero-order valence-corrected chi connectivity index (χ0v) is 17.9. The van der Waals surface area contributed by atoms with Crippen LogP contribution in [0.5, 0.6) is 5.75 Å². The number of aromatic nitrogens is 3. The van der Waals surface area contributed by atoms with Gasteiger partial charge in [0, 0.05) is 35.6 Å². The lowest BCUT2D eigenvalue weighted by Gasteiger charge is -2.11. The number of carboxylic acid groups (broad SMARTS) is 1. The predicted molar refractivity (Wildman–Crippen MR) is 124 cm³/mol. The van der Waals surface area contributed by atoms with Crippen LogP contribution < -0.4 is 4.74 Å². The van der Waals surface area contributed by atoms with Crippen LogP contribution in [0.2, 0.25) is 0 Å². The smallest absolute Gasteiger partial charge is 0.335 e. The second-order valence-electron chi connectivity index (χ2n) is 7.61. The molecule has 0 fully saturated rings. The van der Waals surface area contributed by atoms with Gasteiger partial charge in [-0.3, -0.25) is 4.98 Å². The first-order chi connectivity index (χ1) is 15.5. The number of rotatable bonds is 8. The minimum Gasteiger partial charge on any atom is -0.492 e. The summed E-state index contributed by atoms with van der Waals surface area (Å²) in [6, 6.07) is 18.3. The standard InChI is InChI=1S/C25H24N4O3/c1-29(2)14-15-32-21-8-6-18(7-9-21)24-27-22(17-10-12-26-13-11-17)23(28-24)19-4-3-5-20(16-19)25(30)31/h3-13,16H,14-15H2,1-2H3,(H,27,28)(H,30,31). The lowest BCUT2D eigenvalue weighted by atomic mass is 10.0. The van der Waals surface area contributed by atoms with Gasteiger partial charge in [0.15, 0.2) is 0 Å². The summed E-state index contributed by atoms with van der Waals surface area (Å²) in [6.45, 7) is 1.46. The molecule has 4 aromatic rings. The number of hydrogen-bond acceptors (Lipinski definition) is 5. The number of H-pyrrole nitrogens is 1. The quantitative estimate of drug-likeness (QED) is 0.431. The highest BCUT2D eigenvalue weighted by Crippen LogP contribution is 2.33. The molecule has 0 bridgehead atoms. The maximum absolute atomic E-state index is 11.5. The van der Waals surface area contributed by atoms with Gasteiger partial charge in [-0.15, -0.1) is 0 Å². The Kier molecular flexibility index (Phi) is 6.28. The Morgan fingerprint density at radius 1 is 1.00 bits per heavy atom. The molecule has 2 aromatic carbocycles. The fourth-order valence-corrected chi connectivity index (χ4v) is 3.30. The Morgan fingerprint density at radius 3 is 2.44 bits per heavy atom. The van der Waals surface area contributed by atoms with Crippen molar-refractivity contribution >= 4 is 5.97 Å². The number of imidazole rings is 1. The number of hydrogen-bond donors (Lipinski definition) is 2. The molecule has 162 valence electrons. The highest BCUT2D eigenvalue weighted by Gasteiger charge is 2.16. The monoisotopic (exact) mass is 428 g/mol. The summed E-state index contributed by atoms with van der Waals surface area (Å²) in [4.78, 5) is 25.9. The molecule has 0 saturated heterocycles. The van der Waals surface area contributed by atoms with Crippen LogP contribution in [-0.2, 0) is 0 Å². The van der Waals surface area contributed by atoms with E-state index < -0.39 is 5.97 Å². The number of benzene rings is 2. The van der Waals surface area contributed by atoms with E-state index in [1.807, 2.05) is 56.6 Å². The van der Waals surface area contributed by atoms with Gasteiger partial charge >= 0.3 is 5.97 Å². The number of pyridine rings is 1. The summed E-state index contributed by atoms with van der Waals surface area (Å²) in [7, 11) is 4.01. The topological polar surface area (TPSA) is 91.3 Å². The second kappa shape index (κ2) is 9.45. The van der Waals surface area contributed by atoms with E-state index in [9.17, 15) is 9.90 Å². The molecule has 0 atom stereocenters. The number of aromatic amines is 1. The summed E-state index contributed by atoms with van der Waals surface area (Å²) < 4.78 is 5.78. The SMILES string of the molecule is CN(C)CCOc1ccc(-c2nc(-c3cccc(C(=O)O)c3)c(-c3ccncc3)[nH]2)cc1. The van der Waals surface area contributed by atoms with Crippen LogP contribution in [0.15, 0.2) is 73.1 Å². The van der Waals surface area contributed by atoms with Gasteiger partial charge in [-0.05, 0) is 62.6 Å². The van der Waals surface area contributed by atoms with E-state index in [0.717, 1.165) is 34.7 Å². The molecule has 0 radical (unpaired) electrons. The molecule has 0 spiro atoms. The van der Waals surface area contributed by atoms with Crippen LogP contribution in [0.1, 0.15) is 10.4 Å². The van der Waals surface area contributed by atoms with E-state index in [0.29, 0.717) is 18.1 Å². The first kappa shape index (κ1) is 21.3. The van der Waals surface area contributed by atoms with Crippen molar-refractivity contribution in [2.24, 2.45) is 0 Å². The first-order valence-electron chi connectivity index (χ1n) is 10.2. The van der Waals surface area contributed by atoms with Crippen molar-refractivity contribution in [1.29, 1.82) is 0 Å². The molecule has 7 heteroatoms. The molecule has 2 heterocycles. The lowest BCUT2D eigenvalue weighted by Crippen LogP contribution is -2.19. The number of nitrogens with one attached hydrogen (secondary N) is 1. The Labute approximate surface area is 186 Å². The van der Waals surface area contributed by atoms with Crippen LogP contribution in [-0.4, -0.2) is 58.2 Å². The van der Waals surface area contributed by atoms with Gasteiger partial charge in [0.05, 0.1) is 17.0 Å². The van der Waals surface area contributed by atoms with Gasteiger partial charge in [-0.2, -0.15) is 0 Å². The average Bonchev–Trinajstić information content (AvgIpc) is 3.25. The van der Waals surface area contributed by atoms with E-state index in [2.05, 4.69) is 14.9 Å². The van der Waals surface area contributed by atoms with Crippen molar-refractivity contribution in [2.45, 2.75) is 0 Å². The summed E-state index contributed by atoms with van der Waals surface area (Å²) in [6.07, 6.45) is 3.43. The molecule has 2 N–H and O–H groups in total. The zero-order valence-electron chi connectivity index (χ0n) is 17.9. The molecule has 0 aliphatic heterocycles. The van der Waals surface area contributed by atoms with Gasteiger partial charge in [0.1, 0.15) is 18.2 Å². The van der Waals surface area contributed by atoms with Crippen molar-refractivity contribution in [3.63, 3.8) is 0 Å². The van der Waals surface area contributed by atoms with Gasteiger partial charge in [-0.25, -0.2) is 9.78 Å². The molecule has 0 unspecified atom stereocenters. The lowest BCUT2D eigenvalue weighted by molar-refractivity contribution is 0.0697. The Morgan fingerprint density at radius 2 is 1.75 bits per heavy atom. The third-order valence-electron chi connectivity index (χ3n) is 4.99. The van der Waals surface area contributed by atoms with E-state index in [1.165, 1.54) is 0 Å². The highest BCUT2D eigenvalue weighted by atomic mass is 16.5. The molecule has 32 heavy (non-hydrogen) atoms. The molecule has 0 aliphatic carbocycles. The fourth-order valence-electron chi connectivity index (χ4n) is 3.30. The summed E-state index contributed by atoms with van der Waals surface area (Å²) in [5.41, 5.74) is 4.24. The minimum atomic E-state index is -0.974. The van der Waals surface area contributed by atoms with Crippen LogP contribution in [0.4, 0.5) is 0 Å². The van der Waals surface area contributed by atoms with Gasteiger partial charge in [-0.1, -0.05) is 12.1 Å². The molecule has 0 saturated carbocycles. The molecule has 7 nitrogen and oxygen atoms in total. The van der Waals surface area contributed by atoms with Crippen molar-refractivity contribution in [3.05, 3.63) is 78.6 Å². The third kappa shape index (κ3) is 4.84. The van der Waals surface area contributed by atoms with Crippen molar-refractivity contribution < 1.29 is 14.6 Å². The Balaban J connectivity index is 1.70. The molecule has 0 amide bonds. The maximum Gasteiger partial charge on any atom is 0.335 e. The molecule has 0 aliphatic rings. The van der Waals surface area contributed by atoms with Crippen LogP contribution in [0.25, 0.3) is 33.9 Å². The number of carbonyl (C=O) groups is 1. The maximum atomic E-state index is 11.5. The largest absolute Gasteiger partial charge is 0.492 e. The summed E-state index contributed by atoms with van der Waals surface area (Å²) >= 11 is 0. The van der Waals surface area contributed by atoms with Crippen molar-refractivity contribution in [3.8, 4) is 39.7 Å². The average molecular weight is 428 g/mol. The molecule has 2 aromatic heterocycles. The van der Waals surface area contributed by atoms with Gasteiger partial charge in [0.2, 0.25) is 0 Å². The predicted octanol–water partition coefficient (Wildman–Crippen LogP) is 4.44. The van der Waals surface area contributed by atoms with E-state index in [-0.39, 0.29) is 5.56 Å². The summed E-state index contributed by atoms with van der Waals surface area (Å²) in [5.74, 6) is 0.510. The fraction of sp³-hybridized carbons (Fsp3) is 0.160. The van der Waals surface area contributed by atoms with E-state index >= 15 is 0 Å². The van der Waals surface area contributed by atoms with Crippen LogP contribution >= 0.6 is 0 Å². The van der Waals surface area contributed by atoms with Crippen molar-refractivity contribution in [1.82, 2.24) is 19.9 Å². The number of carboxylic acids is 1. The van der Waals surface area contributed by atoms with Crippen LogP contribution in [0, 0.1) is 0 Å². The van der Waals surface area contributed by atoms with Gasteiger partial charge < -0.3 is 19.7 Å². The summed E-state index contributed by atoms with van der Waals surface area (Å²) in [5, 5.41) is 9.39. The highest BCUT2D eigenvalue weighted by molar-refractivity contribution is 5.90. The Bertz CT molecular complexity index is 1200. The molecular weight excluding hydrogens is 404 g/mol.